The predicted molar refractivity (Wildman–Crippen MR) is 83.2 cm³/mol. The highest BCUT2D eigenvalue weighted by Gasteiger charge is 2.39. The number of anilines is 1. The number of hydrogen-bond donors (Lipinski definition) is 1. The van der Waals surface area contributed by atoms with Crippen molar-refractivity contribution >= 4 is 11.6 Å². The van der Waals surface area contributed by atoms with Gasteiger partial charge in [-0.2, -0.15) is 0 Å². The van der Waals surface area contributed by atoms with Gasteiger partial charge in [-0.3, -0.25) is 4.79 Å². The summed E-state index contributed by atoms with van der Waals surface area (Å²) in [5.41, 5.74) is 8.00. The summed E-state index contributed by atoms with van der Waals surface area (Å²) >= 11 is 0. The van der Waals surface area contributed by atoms with Gasteiger partial charge < -0.3 is 15.2 Å². The predicted octanol–water partition coefficient (Wildman–Crippen LogP) is 3.20. The number of nitrogens with two attached hydrogens (primary N) is 1. The monoisotopic (exact) mass is 287 g/mol. The molecule has 1 aliphatic heterocycles. The lowest BCUT2D eigenvalue weighted by Gasteiger charge is -2.39. The highest BCUT2D eigenvalue weighted by molar-refractivity contribution is 5.94. The first-order valence-electron chi connectivity index (χ1n) is 8.44. The Morgan fingerprint density at radius 1 is 1.14 bits per heavy atom. The van der Waals surface area contributed by atoms with E-state index < -0.39 is 0 Å². The Bertz CT molecular complexity index is 542. The summed E-state index contributed by atoms with van der Waals surface area (Å²) < 4.78 is 2.11. The molecule has 0 atom stereocenters. The van der Waals surface area contributed by atoms with Crippen LogP contribution in [0.3, 0.4) is 0 Å². The SMILES string of the molecule is Nc1cc(C(=O)N2CCC3(CCCC3)CC2)n(C2CC2)c1. The van der Waals surface area contributed by atoms with Crippen LogP contribution in [-0.4, -0.2) is 28.5 Å². The zero-order chi connectivity index (χ0) is 14.4. The summed E-state index contributed by atoms with van der Waals surface area (Å²) in [6, 6.07) is 2.37. The van der Waals surface area contributed by atoms with Crippen LogP contribution in [0.4, 0.5) is 5.69 Å². The summed E-state index contributed by atoms with van der Waals surface area (Å²) in [5, 5.41) is 0. The van der Waals surface area contributed by atoms with Crippen molar-refractivity contribution in [2.24, 2.45) is 5.41 Å². The zero-order valence-corrected chi connectivity index (χ0v) is 12.7. The molecule has 1 spiro atoms. The van der Waals surface area contributed by atoms with Crippen molar-refractivity contribution in [2.75, 3.05) is 18.8 Å². The molecular weight excluding hydrogens is 262 g/mol. The minimum absolute atomic E-state index is 0.187. The van der Waals surface area contributed by atoms with E-state index >= 15 is 0 Å². The molecule has 1 saturated heterocycles. The van der Waals surface area contributed by atoms with E-state index in [9.17, 15) is 4.79 Å². The highest BCUT2D eigenvalue weighted by Crippen LogP contribution is 2.46. The van der Waals surface area contributed by atoms with Crippen LogP contribution in [-0.2, 0) is 0 Å². The van der Waals surface area contributed by atoms with E-state index in [1.54, 1.807) is 0 Å². The lowest BCUT2D eigenvalue weighted by atomic mass is 9.77. The fraction of sp³-hybridized carbons (Fsp3) is 0.706. The van der Waals surface area contributed by atoms with E-state index in [1.807, 2.05) is 12.3 Å². The number of likely N-dealkylation sites (tertiary alicyclic amines) is 1. The van der Waals surface area contributed by atoms with Gasteiger partial charge in [0, 0.05) is 25.3 Å². The molecule has 4 rings (SSSR count). The highest BCUT2D eigenvalue weighted by atomic mass is 16.2. The van der Waals surface area contributed by atoms with E-state index in [0.29, 0.717) is 11.5 Å². The van der Waals surface area contributed by atoms with Crippen molar-refractivity contribution in [3.8, 4) is 0 Å². The van der Waals surface area contributed by atoms with Crippen molar-refractivity contribution in [1.29, 1.82) is 0 Å². The Balaban J connectivity index is 1.48. The number of aromatic nitrogens is 1. The summed E-state index contributed by atoms with van der Waals surface area (Å²) in [5.74, 6) is 0.187. The number of hydrogen-bond acceptors (Lipinski definition) is 2. The largest absolute Gasteiger partial charge is 0.397 e. The van der Waals surface area contributed by atoms with Gasteiger partial charge in [0.1, 0.15) is 5.69 Å². The second kappa shape index (κ2) is 4.79. The second-order valence-electron chi connectivity index (χ2n) is 7.30. The number of rotatable bonds is 2. The molecule has 2 N–H and O–H groups in total. The molecule has 114 valence electrons. The molecule has 0 radical (unpaired) electrons. The van der Waals surface area contributed by atoms with Crippen LogP contribution < -0.4 is 5.73 Å². The molecule has 1 amide bonds. The maximum Gasteiger partial charge on any atom is 0.270 e. The van der Waals surface area contributed by atoms with Crippen molar-refractivity contribution in [1.82, 2.24) is 9.47 Å². The lowest BCUT2D eigenvalue weighted by molar-refractivity contribution is 0.0577. The third-order valence-corrected chi connectivity index (χ3v) is 5.80. The summed E-state index contributed by atoms with van der Waals surface area (Å²) in [6.45, 7) is 1.85. The fourth-order valence-electron chi connectivity index (χ4n) is 4.30. The van der Waals surface area contributed by atoms with Crippen LogP contribution in [0.15, 0.2) is 12.3 Å². The number of amides is 1. The molecule has 21 heavy (non-hydrogen) atoms. The molecule has 3 fully saturated rings. The molecule has 1 aromatic heterocycles. The van der Waals surface area contributed by atoms with Gasteiger partial charge in [0.25, 0.3) is 5.91 Å². The summed E-state index contributed by atoms with van der Waals surface area (Å²) in [7, 11) is 0. The molecule has 1 aromatic rings. The van der Waals surface area contributed by atoms with E-state index in [1.165, 1.54) is 51.4 Å². The number of nitrogens with zero attached hydrogens (tertiary/aromatic N) is 2. The first kappa shape index (κ1) is 13.2. The molecule has 0 aromatic carbocycles. The van der Waals surface area contributed by atoms with Crippen LogP contribution in [0, 0.1) is 5.41 Å². The van der Waals surface area contributed by atoms with Gasteiger partial charge in [-0.1, -0.05) is 12.8 Å². The van der Waals surface area contributed by atoms with Crippen LogP contribution in [0.1, 0.15) is 67.9 Å². The topological polar surface area (TPSA) is 51.3 Å². The van der Waals surface area contributed by atoms with Gasteiger partial charge in [0.05, 0.1) is 5.69 Å². The molecule has 4 heteroatoms. The maximum absolute atomic E-state index is 12.8. The standard InChI is InChI=1S/C17H25N3O/c18-13-11-15(20(12-13)14-3-4-14)16(21)19-9-7-17(8-10-19)5-1-2-6-17/h11-12,14H,1-10,18H2. The normalized spacial score (nSPS) is 24.7. The third kappa shape index (κ3) is 2.34. The van der Waals surface area contributed by atoms with Crippen LogP contribution >= 0.6 is 0 Å². The van der Waals surface area contributed by atoms with Crippen LogP contribution in [0.25, 0.3) is 0 Å². The smallest absolute Gasteiger partial charge is 0.270 e. The lowest BCUT2D eigenvalue weighted by Crippen LogP contribution is -2.42. The molecular formula is C17H25N3O. The number of carbonyl (C=O) groups is 1. The van der Waals surface area contributed by atoms with Crippen molar-refractivity contribution in [2.45, 2.75) is 57.4 Å². The quantitative estimate of drug-likeness (QED) is 0.908. The van der Waals surface area contributed by atoms with Crippen molar-refractivity contribution in [3.05, 3.63) is 18.0 Å². The minimum Gasteiger partial charge on any atom is -0.397 e. The fourth-order valence-corrected chi connectivity index (χ4v) is 4.30. The summed E-state index contributed by atoms with van der Waals surface area (Å²) in [6.07, 6.45) is 12.2. The van der Waals surface area contributed by atoms with Crippen molar-refractivity contribution < 1.29 is 4.79 Å². The van der Waals surface area contributed by atoms with E-state index in [2.05, 4.69) is 9.47 Å². The molecule has 4 nitrogen and oxygen atoms in total. The zero-order valence-electron chi connectivity index (χ0n) is 12.7. The second-order valence-corrected chi connectivity index (χ2v) is 7.30. The molecule has 2 saturated carbocycles. The van der Waals surface area contributed by atoms with Gasteiger partial charge >= 0.3 is 0 Å². The molecule has 0 bridgehead atoms. The van der Waals surface area contributed by atoms with Gasteiger partial charge in [0.15, 0.2) is 0 Å². The molecule has 0 unspecified atom stereocenters. The van der Waals surface area contributed by atoms with Crippen molar-refractivity contribution in [3.63, 3.8) is 0 Å². The van der Waals surface area contributed by atoms with E-state index in [4.69, 9.17) is 5.73 Å². The number of carbonyl (C=O) groups excluding carboxylic acids is 1. The Morgan fingerprint density at radius 2 is 1.81 bits per heavy atom. The Hall–Kier alpha value is -1.45. The van der Waals surface area contributed by atoms with Gasteiger partial charge in [0.2, 0.25) is 0 Å². The number of piperidine rings is 1. The van der Waals surface area contributed by atoms with E-state index in [0.717, 1.165) is 24.5 Å². The third-order valence-electron chi connectivity index (χ3n) is 5.80. The van der Waals surface area contributed by atoms with Gasteiger partial charge in [-0.15, -0.1) is 0 Å². The average molecular weight is 287 g/mol. The van der Waals surface area contributed by atoms with Crippen LogP contribution in [0.5, 0.6) is 0 Å². The Morgan fingerprint density at radius 3 is 2.43 bits per heavy atom. The maximum atomic E-state index is 12.8. The Labute approximate surface area is 126 Å². The average Bonchev–Trinajstić information content (AvgIpc) is 3.13. The first-order chi connectivity index (χ1) is 10.2. The minimum atomic E-state index is 0.187. The summed E-state index contributed by atoms with van der Waals surface area (Å²) in [4.78, 5) is 14.9. The molecule has 2 heterocycles. The number of nitrogen functional groups attached to an aromatic ring is 1. The first-order valence-corrected chi connectivity index (χ1v) is 8.44. The van der Waals surface area contributed by atoms with Gasteiger partial charge in [-0.05, 0) is 50.0 Å². The van der Waals surface area contributed by atoms with E-state index in [-0.39, 0.29) is 5.91 Å². The molecule has 3 aliphatic rings. The van der Waals surface area contributed by atoms with Gasteiger partial charge in [-0.25, -0.2) is 0 Å². The Kier molecular flexibility index (Phi) is 3.02. The van der Waals surface area contributed by atoms with Crippen LogP contribution in [0.2, 0.25) is 0 Å². The molecule has 2 aliphatic carbocycles.